The highest BCUT2D eigenvalue weighted by molar-refractivity contribution is 7.54. The van der Waals surface area contributed by atoms with Gasteiger partial charge in [0.25, 0.3) is 0 Å². The maximum absolute atomic E-state index is 15.0. The zero-order valence-electron chi connectivity index (χ0n) is 30.8. The van der Waals surface area contributed by atoms with E-state index in [1.54, 1.807) is 20.8 Å². The van der Waals surface area contributed by atoms with Gasteiger partial charge in [-0.2, -0.15) is 0 Å². The maximum Gasteiger partial charge on any atom is 0.342 e. The maximum atomic E-state index is 15.0. The average Bonchev–Trinajstić information content (AvgIpc) is 3.82. The van der Waals surface area contributed by atoms with Crippen LogP contribution in [0.2, 0.25) is 0 Å². The molecule has 1 saturated heterocycles. The number of anilines is 1. The molecule has 17 heteroatoms. The van der Waals surface area contributed by atoms with Crippen molar-refractivity contribution in [2.75, 3.05) is 25.1 Å². The summed E-state index contributed by atoms with van der Waals surface area (Å²) in [6.45, 7) is 6.06. The van der Waals surface area contributed by atoms with Crippen molar-refractivity contribution in [3.8, 4) is 0 Å². The van der Waals surface area contributed by atoms with E-state index >= 15 is 4.57 Å². The molecule has 1 saturated carbocycles. The van der Waals surface area contributed by atoms with Crippen molar-refractivity contribution < 1.29 is 43.1 Å². The largest absolute Gasteiger partial charge is 0.465 e. The summed E-state index contributed by atoms with van der Waals surface area (Å²) in [6, 6.07) is 16.1. The molecule has 2 fully saturated rings. The van der Waals surface area contributed by atoms with Crippen LogP contribution >= 0.6 is 7.67 Å². The van der Waals surface area contributed by atoms with Crippen LogP contribution in [0.4, 0.5) is 5.82 Å². The Labute approximate surface area is 313 Å². The van der Waals surface area contributed by atoms with Crippen molar-refractivity contribution in [1.82, 2.24) is 29.7 Å². The number of aliphatic hydroxyl groups excluding tert-OH is 1. The molecule has 1 unspecified atom stereocenters. The molecule has 0 spiro atoms. The number of nitrogens with zero attached hydrogens (tertiary/aromatic N) is 4. The highest BCUT2D eigenvalue weighted by atomic mass is 31.2. The predicted molar refractivity (Wildman–Crippen MR) is 198 cm³/mol. The normalized spacial score (nSPS) is 22.5. The van der Waals surface area contributed by atoms with Gasteiger partial charge in [-0.15, -0.1) is 0 Å². The third-order valence-electron chi connectivity index (χ3n) is 9.24. The van der Waals surface area contributed by atoms with Gasteiger partial charge < -0.3 is 34.3 Å². The van der Waals surface area contributed by atoms with Gasteiger partial charge in [-0.3, -0.25) is 18.7 Å². The van der Waals surface area contributed by atoms with E-state index in [1.807, 2.05) is 60.7 Å². The Morgan fingerprint density at radius 3 is 2.04 bits per heavy atom. The number of hydrogen-bond donors (Lipinski definition) is 5. The minimum absolute atomic E-state index is 0.0634. The Bertz CT molecular complexity index is 1870. The molecular weight excluding hydrogens is 717 g/mol. The van der Waals surface area contributed by atoms with E-state index in [1.165, 1.54) is 17.8 Å². The fourth-order valence-corrected chi connectivity index (χ4v) is 8.14. The van der Waals surface area contributed by atoms with E-state index in [2.05, 4.69) is 30.4 Å². The Morgan fingerprint density at radius 1 is 0.963 bits per heavy atom. The van der Waals surface area contributed by atoms with Gasteiger partial charge in [0.1, 0.15) is 35.7 Å². The number of aliphatic hydroxyl groups is 2. The molecule has 2 aromatic heterocycles. The summed E-state index contributed by atoms with van der Waals surface area (Å²) < 4.78 is 39.5. The first-order valence-electron chi connectivity index (χ1n) is 18.2. The zero-order valence-corrected chi connectivity index (χ0v) is 31.6. The summed E-state index contributed by atoms with van der Waals surface area (Å²) in [5, 5.41) is 32.1. The third kappa shape index (κ3) is 9.32. The summed E-state index contributed by atoms with van der Waals surface area (Å²) in [6.07, 6.45) is -0.328. The van der Waals surface area contributed by atoms with Crippen molar-refractivity contribution >= 4 is 36.6 Å². The molecule has 0 amide bonds. The fourth-order valence-electron chi connectivity index (χ4n) is 6.35. The van der Waals surface area contributed by atoms with Crippen LogP contribution < -0.4 is 15.5 Å². The molecule has 1 aliphatic carbocycles. The number of rotatable bonds is 18. The van der Waals surface area contributed by atoms with Crippen LogP contribution in [0.25, 0.3) is 11.2 Å². The summed E-state index contributed by atoms with van der Waals surface area (Å²) in [5.74, 6) is -0.347. The second-order valence-electron chi connectivity index (χ2n) is 13.7. The first-order valence-corrected chi connectivity index (χ1v) is 19.8. The van der Waals surface area contributed by atoms with Gasteiger partial charge in [-0.05, 0) is 64.5 Å². The molecule has 16 nitrogen and oxygen atoms in total. The average molecular weight is 766 g/mol. The van der Waals surface area contributed by atoms with Gasteiger partial charge in [-0.1, -0.05) is 60.7 Å². The Hall–Kier alpha value is -4.28. The van der Waals surface area contributed by atoms with E-state index in [9.17, 15) is 19.8 Å². The minimum Gasteiger partial charge on any atom is -0.465 e. The first-order chi connectivity index (χ1) is 25.9. The molecular formula is C37H48N7O9P. The standard InChI is InChI=1S/C37H48N7O9P/c1-5-50-34(46)27(19-24-13-9-7-10-14-24)42-54(49,43-28(35(47)51-6-2)20-25-15-11-8-12-16-25)52-21-29-31(45)37(4,48)36(53-29)44-22-38-30-32(41-26-17-18-26)39-23(3)40-33(30)44/h7-16,22,26-29,31,36,45,48H,5-6,17-21H2,1-4H3,(H,39,40,41)(H2,42,43,49)/t27-,28-,29+,31?,36+,37-/m0/s1. The number of aryl methyl sites for hydroxylation is 1. The van der Waals surface area contributed by atoms with E-state index in [-0.39, 0.29) is 26.1 Å². The lowest BCUT2D eigenvalue weighted by Gasteiger charge is -2.30. The highest BCUT2D eigenvalue weighted by Gasteiger charge is 2.54. The van der Waals surface area contributed by atoms with Crippen LogP contribution in [0.5, 0.6) is 0 Å². The monoisotopic (exact) mass is 765 g/mol. The molecule has 0 radical (unpaired) electrons. The number of hydrogen-bond acceptors (Lipinski definition) is 13. The SMILES string of the molecule is CCOC(=O)[C@H](Cc1ccccc1)NP(=O)(N[C@@H](Cc1ccccc1)C(=O)OCC)OC[C@H]1O[C@@H](n2cnc3c(NC4CC4)nc(C)nc32)[C@@](C)(O)C1O. The zero-order chi connectivity index (χ0) is 38.5. The van der Waals surface area contributed by atoms with Gasteiger partial charge in [0, 0.05) is 6.04 Å². The van der Waals surface area contributed by atoms with Crippen LogP contribution in [0, 0.1) is 6.92 Å². The number of fused-ring (bicyclic) bond motifs is 1. The van der Waals surface area contributed by atoms with E-state index in [4.69, 9.17) is 18.7 Å². The Balaban J connectivity index is 1.29. The van der Waals surface area contributed by atoms with Gasteiger partial charge in [0.2, 0.25) is 0 Å². The first kappa shape index (κ1) is 39.4. The van der Waals surface area contributed by atoms with Gasteiger partial charge in [0.15, 0.2) is 23.2 Å². The molecule has 0 bridgehead atoms. The third-order valence-corrected chi connectivity index (χ3v) is 11.1. The lowest BCUT2D eigenvalue weighted by atomic mass is 9.96. The Morgan fingerprint density at radius 2 is 1.52 bits per heavy atom. The molecule has 54 heavy (non-hydrogen) atoms. The number of benzene rings is 2. The molecule has 2 aliphatic rings. The van der Waals surface area contributed by atoms with Crippen molar-refractivity contribution in [1.29, 1.82) is 0 Å². The molecule has 6 atom stereocenters. The number of aromatic nitrogens is 4. The molecule has 3 heterocycles. The van der Waals surface area contributed by atoms with Crippen LogP contribution in [0.15, 0.2) is 67.0 Å². The number of imidazole rings is 1. The van der Waals surface area contributed by atoms with Crippen LogP contribution in [0.1, 0.15) is 56.8 Å². The molecule has 6 rings (SSSR count). The lowest BCUT2D eigenvalue weighted by Crippen LogP contribution is -2.47. The summed E-state index contributed by atoms with van der Waals surface area (Å²) in [4.78, 5) is 40.2. The fraction of sp³-hybridized carbons (Fsp3) is 0.486. The Kier molecular flexibility index (Phi) is 12.4. The lowest BCUT2D eigenvalue weighted by molar-refractivity contribution is -0.145. The molecule has 5 N–H and O–H groups in total. The number of carbonyl (C=O) groups excluding carboxylic acids is 2. The summed E-state index contributed by atoms with van der Waals surface area (Å²) >= 11 is 0. The van der Waals surface area contributed by atoms with Gasteiger partial charge >= 0.3 is 19.6 Å². The molecule has 290 valence electrons. The van der Waals surface area contributed by atoms with Crippen LogP contribution in [-0.4, -0.2) is 97.4 Å². The van der Waals surface area contributed by atoms with Gasteiger partial charge in [-0.25, -0.2) is 25.1 Å². The van der Waals surface area contributed by atoms with E-state index < -0.39 is 62.3 Å². The topological polar surface area (TPSA) is 208 Å². The van der Waals surface area contributed by atoms with Crippen molar-refractivity contribution in [2.24, 2.45) is 0 Å². The molecule has 4 aromatic rings. The molecule has 1 aliphatic heterocycles. The van der Waals surface area contributed by atoms with Crippen LogP contribution in [0.3, 0.4) is 0 Å². The summed E-state index contributed by atoms with van der Waals surface area (Å²) in [5.41, 5.74) is 0.463. The van der Waals surface area contributed by atoms with Crippen molar-refractivity contribution in [2.45, 2.75) is 95.5 Å². The van der Waals surface area contributed by atoms with Gasteiger partial charge in [0.05, 0.1) is 26.1 Å². The summed E-state index contributed by atoms with van der Waals surface area (Å²) in [7, 11) is -4.44. The second kappa shape index (κ2) is 17.0. The number of nitrogens with one attached hydrogen (secondary N) is 3. The number of carbonyl (C=O) groups is 2. The quantitative estimate of drug-likeness (QED) is 0.0727. The predicted octanol–water partition coefficient (Wildman–Crippen LogP) is 3.37. The van der Waals surface area contributed by atoms with Crippen molar-refractivity contribution in [3.05, 3.63) is 83.9 Å². The molecule has 2 aromatic carbocycles. The number of ether oxygens (including phenoxy) is 3. The second-order valence-corrected chi connectivity index (χ2v) is 15.5. The van der Waals surface area contributed by atoms with Crippen molar-refractivity contribution in [3.63, 3.8) is 0 Å². The smallest absolute Gasteiger partial charge is 0.342 e. The van der Waals surface area contributed by atoms with Crippen LogP contribution in [-0.2, 0) is 45.7 Å². The van der Waals surface area contributed by atoms with E-state index in [0.717, 1.165) is 24.0 Å². The minimum atomic E-state index is -4.44. The number of esters is 2. The highest BCUT2D eigenvalue weighted by Crippen LogP contribution is 2.44. The van der Waals surface area contributed by atoms with E-state index in [0.29, 0.717) is 28.8 Å².